The molecule has 1 N–H and O–H groups in total. The van der Waals surface area contributed by atoms with Crippen LogP contribution in [0, 0.1) is 0 Å². The first kappa shape index (κ1) is 26.3. The van der Waals surface area contributed by atoms with Crippen molar-refractivity contribution in [3.05, 3.63) is 100.0 Å². The standard InChI is InChI=1S/C31H35N7O/c1-4-7-14-26-21-38(29-22(6-3)12-10-13-23(29)11-5-2)31(39)37(26)20-25-18-17-24(19-32-25)27-15-8-9-16-28(27)30-33-35-36-34-30/h8-10,12-13,15-19,21H,4-7,11,14,20H2,1-3H3,(H,33,34,35,36). The molecule has 2 aromatic carbocycles. The van der Waals surface area contributed by atoms with Crippen LogP contribution in [0.15, 0.2) is 71.8 Å². The van der Waals surface area contributed by atoms with Crippen LogP contribution in [0.2, 0.25) is 0 Å². The molecule has 0 bridgehead atoms. The van der Waals surface area contributed by atoms with Crippen molar-refractivity contribution in [3.8, 4) is 28.2 Å². The van der Waals surface area contributed by atoms with Crippen molar-refractivity contribution in [2.24, 2.45) is 0 Å². The van der Waals surface area contributed by atoms with Crippen molar-refractivity contribution in [2.75, 3.05) is 0 Å². The summed E-state index contributed by atoms with van der Waals surface area (Å²) in [4.78, 5) is 18.7. The maximum atomic E-state index is 13.9. The van der Waals surface area contributed by atoms with E-state index >= 15 is 0 Å². The van der Waals surface area contributed by atoms with Gasteiger partial charge in [0.2, 0.25) is 5.82 Å². The van der Waals surface area contributed by atoms with E-state index in [1.54, 1.807) is 0 Å². The second-order valence-corrected chi connectivity index (χ2v) is 9.81. The first-order valence-corrected chi connectivity index (χ1v) is 13.8. The van der Waals surface area contributed by atoms with Crippen molar-refractivity contribution in [1.82, 2.24) is 34.7 Å². The van der Waals surface area contributed by atoms with Crippen LogP contribution in [0.3, 0.4) is 0 Å². The van der Waals surface area contributed by atoms with Gasteiger partial charge in [0.15, 0.2) is 0 Å². The summed E-state index contributed by atoms with van der Waals surface area (Å²) in [5.41, 5.74) is 8.16. The van der Waals surface area contributed by atoms with E-state index in [9.17, 15) is 4.79 Å². The molecule has 0 amide bonds. The van der Waals surface area contributed by atoms with Crippen molar-refractivity contribution in [2.45, 2.75) is 65.8 Å². The molecule has 8 nitrogen and oxygen atoms in total. The minimum atomic E-state index is -0.00677. The van der Waals surface area contributed by atoms with Crippen LogP contribution in [0.25, 0.3) is 28.2 Å². The molecule has 0 atom stereocenters. The van der Waals surface area contributed by atoms with Gasteiger partial charge in [-0.15, -0.1) is 10.2 Å². The number of aromatic nitrogens is 7. The molecular weight excluding hydrogens is 486 g/mol. The summed E-state index contributed by atoms with van der Waals surface area (Å²) in [6.07, 6.45) is 9.72. The van der Waals surface area contributed by atoms with Gasteiger partial charge in [0.05, 0.1) is 17.9 Å². The van der Waals surface area contributed by atoms with E-state index in [0.29, 0.717) is 12.4 Å². The third-order valence-corrected chi connectivity index (χ3v) is 7.16. The summed E-state index contributed by atoms with van der Waals surface area (Å²) in [6.45, 7) is 6.93. The van der Waals surface area contributed by atoms with E-state index in [0.717, 1.165) is 72.3 Å². The number of para-hydroxylation sites is 1. The van der Waals surface area contributed by atoms with Gasteiger partial charge in [-0.05, 0) is 53.7 Å². The lowest BCUT2D eigenvalue weighted by Crippen LogP contribution is -2.26. The van der Waals surface area contributed by atoms with Gasteiger partial charge in [-0.2, -0.15) is 5.21 Å². The van der Waals surface area contributed by atoms with Gasteiger partial charge in [0, 0.05) is 29.2 Å². The summed E-state index contributed by atoms with van der Waals surface area (Å²) in [6, 6.07) is 18.4. The second kappa shape index (κ2) is 12.0. The number of imidazole rings is 1. The summed E-state index contributed by atoms with van der Waals surface area (Å²) >= 11 is 0. The Balaban J connectivity index is 1.51. The Morgan fingerprint density at radius 2 is 1.69 bits per heavy atom. The summed E-state index contributed by atoms with van der Waals surface area (Å²) < 4.78 is 3.78. The highest BCUT2D eigenvalue weighted by molar-refractivity contribution is 5.79. The number of benzene rings is 2. The minimum absolute atomic E-state index is 0.00677. The Kier molecular flexibility index (Phi) is 8.10. The van der Waals surface area contributed by atoms with Gasteiger partial charge in [0.25, 0.3) is 0 Å². The summed E-state index contributed by atoms with van der Waals surface area (Å²) in [5, 5.41) is 14.5. The van der Waals surface area contributed by atoms with Crippen molar-refractivity contribution < 1.29 is 0 Å². The average molecular weight is 522 g/mol. The number of H-pyrrole nitrogens is 1. The molecule has 39 heavy (non-hydrogen) atoms. The third kappa shape index (κ3) is 5.46. The number of hydrogen-bond acceptors (Lipinski definition) is 5. The largest absolute Gasteiger partial charge is 0.333 e. The van der Waals surface area contributed by atoms with Gasteiger partial charge >= 0.3 is 5.69 Å². The van der Waals surface area contributed by atoms with Gasteiger partial charge in [-0.3, -0.25) is 14.1 Å². The third-order valence-electron chi connectivity index (χ3n) is 7.16. The molecule has 0 aliphatic rings. The fraction of sp³-hybridized carbons (Fsp3) is 0.323. The molecule has 3 aromatic heterocycles. The lowest BCUT2D eigenvalue weighted by Gasteiger charge is -2.14. The van der Waals surface area contributed by atoms with Crippen LogP contribution in [-0.4, -0.2) is 34.7 Å². The predicted molar refractivity (Wildman–Crippen MR) is 154 cm³/mol. The van der Waals surface area contributed by atoms with Gasteiger partial charge in [-0.25, -0.2) is 4.79 Å². The van der Waals surface area contributed by atoms with Crippen molar-refractivity contribution in [1.29, 1.82) is 0 Å². The van der Waals surface area contributed by atoms with Gasteiger partial charge in [0.1, 0.15) is 0 Å². The smallest absolute Gasteiger partial charge is 0.290 e. The topological polar surface area (TPSA) is 94.3 Å². The van der Waals surface area contributed by atoms with Crippen LogP contribution >= 0.6 is 0 Å². The molecule has 5 aromatic rings. The quantitative estimate of drug-likeness (QED) is 0.238. The first-order chi connectivity index (χ1) is 19.1. The molecule has 200 valence electrons. The maximum absolute atomic E-state index is 13.9. The van der Waals surface area contributed by atoms with Gasteiger partial charge < -0.3 is 0 Å². The SMILES string of the molecule is CCCCc1cn(-c2c(CC)cccc2CCC)c(=O)n1Cc1ccc(-c2ccccc2-c2nn[nH]n2)cn1. The van der Waals surface area contributed by atoms with E-state index in [4.69, 9.17) is 4.98 Å². The van der Waals surface area contributed by atoms with E-state index in [-0.39, 0.29) is 5.69 Å². The van der Waals surface area contributed by atoms with Crippen LogP contribution in [0.4, 0.5) is 0 Å². The maximum Gasteiger partial charge on any atom is 0.333 e. The number of tetrazole rings is 1. The minimum Gasteiger partial charge on any atom is -0.290 e. The van der Waals surface area contributed by atoms with E-state index < -0.39 is 0 Å². The first-order valence-electron chi connectivity index (χ1n) is 13.8. The molecule has 8 heteroatoms. The molecule has 0 saturated carbocycles. The molecule has 0 spiro atoms. The lowest BCUT2D eigenvalue weighted by molar-refractivity contribution is 0.663. The fourth-order valence-corrected chi connectivity index (χ4v) is 5.17. The number of unbranched alkanes of at least 4 members (excludes halogenated alkanes) is 1. The number of pyridine rings is 1. The number of aryl methyl sites for hydroxylation is 3. The normalized spacial score (nSPS) is 11.3. The van der Waals surface area contributed by atoms with Crippen LogP contribution < -0.4 is 5.69 Å². The molecule has 3 heterocycles. The Morgan fingerprint density at radius 3 is 2.38 bits per heavy atom. The van der Waals surface area contributed by atoms with E-state index in [1.165, 1.54) is 11.1 Å². The molecule has 0 aliphatic heterocycles. The molecular formula is C31H35N7O. The number of rotatable bonds is 11. The Bertz CT molecular complexity index is 1580. The number of nitrogens with one attached hydrogen (secondary N) is 1. The predicted octanol–water partition coefficient (Wildman–Crippen LogP) is 5.79. The molecule has 0 aliphatic carbocycles. The molecule has 5 rings (SSSR count). The monoisotopic (exact) mass is 521 g/mol. The highest BCUT2D eigenvalue weighted by atomic mass is 16.1. The highest BCUT2D eigenvalue weighted by Crippen LogP contribution is 2.29. The van der Waals surface area contributed by atoms with Crippen molar-refractivity contribution >= 4 is 0 Å². The zero-order valence-electron chi connectivity index (χ0n) is 22.9. The molecule has 0 unspecified atom stereocenters. The molecule has 0 fully saturated rings. The Labute approximate surface area is 228 Å². The van der Waals surface area contributed by atoms with E-state index in [2.05, 4.69) is 65.8 Å². The summed E-state index contributed by atoms with van der Waals surface area (Å²) in [5.74, 6) is 0.540. The summed E-state index contributed by atoms with van der Waals surface area (Å²) in [7, 11) is 0. The fourth-order valence-electron chi connectivity index (χ4n) is 5.17. The van der Waals surface area contributed by atoms with Gasteiger partial charge in [-0.1, -0.05) is 82.1 Å². The van der Waals surface area contributed by atoms with Crippen LogP contribution in [-0.2, 0) is 25.8 Å². The number of hydrogen-bond donors (Lipinski definition) is 1. The lowest BCUT2D eigenvalue weighted by atomic mass is 10.0. The second-order valence-electron chi connectivity index (χ2n) is 9.81. The van der Waals surface area contributed by atoms with E-state index in [1.807, 2.05) is 51.7 Å². The highest BCUT2D eigenvalue weighted by Gasteiger charge is 2.18. The average Bonchev–Trinajstić information content (AvgIpc) is 3.61. The number of nitrogens with zero attached hydrogens (tertiary/aromatic N) is 6. The molecule has 0 saturated heterocycles. The zero-order chi connectivity index (χ0) is 27.2. The number of aromatic amines is 1. The Hall–Kier alpha value is -4.33. The van der Waals surface area contributed by atoms with Crippen molar-refractivity contribution in [3.63, 3.8) is 0 Å². The molecule has 0 radical (unpaired) electrons. The zero-order valence-corrected chi connectivity index (χ0v) is 22.9. The Morgan fingerprint density at radius 1 is 0.872 bits per heavy atom. The van der Waals surface area contributed by atoms with Crippen LogP contribution in [0.5, 0.6) is 0 Å². The van der Waals surface area contributed by atoms with Crippen LogP contribution in [0.1, 0.15) is 62.5 Å².